The first-order valence-electron chi connectivity index (χ1n) is 8.14. The van der Waals surface area contributed by atoms with Gasteiger partial charge in [0.25, 0.3) is 5.91 Å². The second-order valence-electron chi connectivity index (χ2n) is 5.70. The Hall–Kier alpha value is -2.82. The van der Waals surface area contributed by atoms with Crippen molar-refractivity contribution in [1.29, 1.82) is 5.26 Å². The van der Waals surface area contributed by atoms with Crippen molar-refractivity contribution in [3.05, 3.63) is 59.7 Å². The van der Waals surface area contributed by atoms with Gasteiger partial charge in [0.15, 0.2) is 0 Å². The van der Waals surface area contributed by atoms with Gasteiger partial charge in [-0.2, -0.15) is 5.26 Å². The third kappa shape index (κ3) is 4.38. The zero-order valence-electron chi connectivity index (χ0n) is 13.8. The van der Waals surface area contributed by atoms with Crippen molar-refractivity contribution in [3.8, 4) is 6.07 Å². The lowest BCUT2D eigenvalue weighted by Crippen LogP contribution is -2.43. The predicted octanol–water partition coefficient (Wildman–Crippen LogP) is 1.15. The van der Waals surface area contributed by atoms with Crippen molar-refractivity contribution in [3.63, 3.8) is 0 Å². The van der Waals surface area contributed by atoms with Crippen LogP contribution >= 0.6 is 0 Å². The molecular weight excluding hydrogens is 318 g/mol. The molecule has 25 heavy (non-hydrogen) atoms. The van der Waals surface area contributed by atoms with E-state index in [4.69, 9.17) is 10.00 Å². The molecule has 0 aromatic carbocycles. The van der Waals surface area contributed by atoms with E-state index in [9.17, 15) is 4.79 Å². The molecule has 1 aliphatic heterocycles. The van der Waals surface area contributed by atoms with Gasteiger partial charge in [-0.1, -0.05) is 6.07 Å². The molecule has 2 aromatic heterocycles. The number of morpholine rings is 1. The summed E-state index contributed by atoms with van der Waals surface area (Å²) < 4.78 is 5.42. The second kappa shape index (κ2) is 8.33. The van der Waals surface area contributed by atoms with Crippen LogP contribution in [-0.2, 0) is 4.74 Å². The summed E-state index contributed by atoms with van der Waals surface area (Å²) in [4.78, 5) is 22.8. The molecule has 0 bridgehead atoms. The average Bonchev–Trinajstić information content (AvgIpc) is 2.70. The number of rotatable bonds is 5. The normalized spacial score (nSPS) is 16.0. The highest BCUT2D eigenvalue weighted by Gasteiger charge is 2.23. The number of hydrogen-bond donors (Lipinski definition) is 1. The molecule has 0 unspecified atom stereocenters. The minimum atomic E-state index is -0.209. The molecule has 7 heteroatoms. The van der Waals surface area contributed by atoms with Crippen molar-refractivity contribution in [2.24, 2.45) is 0 Å². The molecule has 0 saturated carbocycles. The van der Waals surface area contributed by atoms with E-state index in [0.29, 0.717) is 25.3 Å². The summed E-state index contributed by atoms with van der Waals surface area (Å²) in [5, 5.41) is 11.7. The summed E-state index contributed by atoms with van der Waals surface area (Å²) in [7, 11) is 0. The molecule has 1 atom stereocenters. The van der Waals surface area contributed by atoms with Gasteiger partial charge < -0.3 is 10.1 Å². The molecule has 3 rings (SSSR count). The first kappa shape index (κ1) is 17.0. The fourth-order valence-corrected chi connectivity index (χ4v) is 2.81. The van der Waals surface area contributed by atoms with Crippen LogP contribution in [0.3, 0.4) is 0 Å². The second-order valence-corrected chi connectivity index (χ2v) is 5.70. The Balaban J connectivity index is 1.69. The highest BCUT2D eigenvalue weighted by molar-refractivity contribution is 5.93. The molecule has 1 aliphatic rings. The van der Waals surface area contributed by atoms with E-state index in [2.05, 4.69) is 20.2 Å². The van der Waals surface area contributed by atoms with Gasteiger partial charge in [0.2, 0.25) is 0 Å². The molecule has 0 spiro atoms. The summed E-state index contributed by atoms with van der Waals surface area (Å²) >= 11 is 0. The molecule has 1 N–H and O–H groups in total. The van der Waals surface area contributed by atoms with E-state index in [1.165, 1.54) is 12.3 Å². The molecule has 1 saturated heterocycles. The highest BCUT2D eigenvalue weighted by atomic mass is 16.5. The zero-order chi connectivity index (χ0) is 17.5. The lowest BCUT2D eigenvalue weighted by Gasteiger charge is -2.34. The molecule has 1 fully saturated rings. The quantitative estimate of drug-likeness (QED) is 0.880. The Kier molecular flexibility index (Phi) is 5.67. The van der Waals surface area contributed by atoms with Crippen molar-refractivity contribution in [1.82, 2.24) is 20.2 Å². The molecule has 1 amide bonds. The number of carbonyl (C=O) groups is 1. The number of aromatic nitrogens is 2. The number of carbonyl (C=O) groups excluding carboxylic acids is 1. The minimum Gasteiger partial charge on any atom is -0.379 e. The van der Waals surface area contributed by atoms with Gasteiger partial charge in [0.1, 0.15) is 11.8 Å². The van der Waals surface area contributed by atoms with Gasteiger partial charge in [0.05, 0.1) is 24.8 Å². The Bertz CT molecular complexity index is 736. The Morgan fingerprint density at radius 1 is 1.32 bits per heavy atom. The van der Waals surface area contributed by atoms with Crippen molar-refractivity contribution in [2.75, 3.05) is 32.8 Å². The van der Waals surface area contributed by atoms with Crippen LogP contribution in [0, 0.1) is 11.3 Å². The van der Waals surface area contributed by atoms with Crippen LogP contribution in [0.5, 0.6) is 0 Å². The van der Waals surface area contributed by atoms with Gasteiger partial charge in [0, 0.05) is 38.2 Å². The minimum absolute atomic E-state index is 0.0351. The van der Waals surface area contributed by atoms with Crippen LogP contribution in [0.2, 0.25) is 0 Å². The highest BCUT2D eigenvalue weighted by Crippen LogP contribution is 2.20. The summed E-state index contributed by atoms with van der Waals surface area (Å²) in [5.41, 5.74) is 1.78. The maximum atomic E-state index is 12.4. The number of nitrogens with one attached hydrogen (secondary N) is 1. The summed E-state index contributed by atoms with van der Waals surface area (Å²) in [5.74, 6) is -0.209. The van der Waals surface area contributed by atoms with Crippen LogP contribution in [0.4, 0.5) is 0 Å². The molecule has 0 radical (unpaired) electrons. The summed E-state index contributed by atoms with van der Waals surface area (Å²) in [6, 6.07) is 9.03. The number of nitriles is 1. The lowest BCUT2D eigenvalue weighted by atomic mass is 10.1. The topological polar surface area (TPSA) is 91.1 Å². The van der Waals surface area contributed by atoms with E-state index >= 15 is 0 Å². The SMILES string of the molecule is N#Cc1ccc(C(=O)NC[C@@H](c2cccnc2)N2CCOCC2)cn1. The molecule has 3 heterocycles. The lowest BCUT2D eigenvalue weighted by molar-refractivity contribution is 0.0161. The summed E-state index contributed by atoms with van der Waals surface area (Å²) in [6.45, 7) is 3.46. The first-order chi connectivity index (χ1) is 12.3. The predicted molar refractivity (Wildman–Crippen MR) is 90.7 cm³/mol. The average molecular weight is 337 g/mol. The van der Waals surface area contributed by atoms with Gasteiger partial charge in [-0.3, -0.25) is 14.7 Å². The maximum absolute atomic E-state index is 12.4. The fraction of sp³-hybridized carbons (Fsp3) is 0.333. The first-order valence-corrected chi connectivity index (χ1v) is 8.14. The number of ether oxygens (including phenoxy) is 1. The number of hydrogen-bond acceptors (Lipinski definition) is 6. The van der Waals surface area contributed by atoms with Crippen LogP contribution in [0.1, 0.15) is 27.7 Å². The zero-order valence-corrected chi connectivity index (χ0v) is 13.8. The van der Waals surface area contributed by atoms with Gasteiger partial charge >= 0.3 is 0 Å². The standard InChI is InChI=1S/C18H19N5O2/c19-10-16-4-3-15(12-21-16)18(24)22-13-17(14-2-1-5-20-11-14)23-6-8-25-9-7-23/h1-5,11-12,17H,6-9,13H2,(H,22,24)/t17-/m0/s1. The smallest absolute Gasteiger partial charge is 0.252 e. The van der Waals surface area contributed by atoms with Gasteiger partial charge in [-0.15, -0.1) is 0 Å². The fourth-order valence-electron chi connectivity index (χ4n) is 2.81. The maximum Gasteiger partial charge on any atom is 0.252 e. The molecule has 7 nitrogen and oxygen atoms in total. The Labute approximate surface area is 146 Å². The Morgan fingerprint density at radius 2 is 2.16 bits per heavy atom. The molecule has 128 valence electrons. The van der Waals surface area contributed by atoms with Crippen LogP contribution in [0.25, 0.3) is 0 Å². The van der Waals surface area contributed by atoms with Crippen molar-refractivity contribution >= 4 is 5.91 Å². The van der Waals surface area contributed by atoms with Gasteiger partial charge in [-0.05, 0) is 23.8 Å². The molecule has 0 aliphatic carbocycles. The number of pyridine rings is 2. The third-order valence-electron chi connectivity index (χ3n) is 4.15. The van der Waals surface area contributed by atoms with E-state index in [1.54, 1.807) is 12.3 Å². The van der Waals surface area contributed by atoms with E-state index in [-0.39, 0.29) is 17.6 Å². The number of amides is 1. The number of nitrogens with zero attached hydrogens (tertiary/aromatic N) is 4. The molecule has 2 aromatic rings. The monoisotopic (exact) mass is 337 g/mol. The Morgan fingerprint density at radius 3 is 2.80 bits per heavy atom. The largest absolute Gasteiger partial charge is 0.379 e. The molecular formula is C18H19N5O2. The van der Waals surface area contributed by atoms with E-state index in [1.807, 2.05) is 24.4 Å². The van der Waals surface area contributed by atoms with Crippen LogP contribution in [-0.4, -0.2) is 53.6 Å². The van der Waals surface area contributed by atoms with Crippen LogP contribution < -0.4 is 5.32 Å². The van der Waals surface area contributed by atoms with Crippen LogP contribution in [0.15, 0.2) is 42.9 Å². The van der Waals surface area contributed by atoms with Gasteiger partial charge in [-0.25, -0.2) is 4.98 Å². The summed E-state index contributed by atoms with van der Waals surface area (Å²) in [6.07, 6.45) is 4.98. The third-order valence-corrected chi connectivity index (χ3v) is 4.15. The van der Waals surface area contributed by atoms with E-state index in [0.717, 1.165) is 18.7 Å². The van der Waals surface area contributed by atoms with Crippen molar-refractivity contribution < 1.29 is 9.53 Å². The van der Waals surface area contributed by atoms with Crippen molar-refractivity contribution in [2.45, 2.75) is 6.04 Å². The van der Waals surface area contributed by atoms with E-state index < -0.39 is 0 Å².